The van der Waals surface area contributed by atoms with Gasteiger partial charge in [0.25, 0.3) is 0 Å². The first kappa shape index (κ1) is 19.8. The minimum atomic E-state index is 0.138. The Balaban J connectivity index is 1.66. The van der Waals surface area contributed by atoms with Crippen LogP contribution in [-0.2, 0) is 5.41 Å². The maximum absolute atomic E-state index is 6.14. The third-order valence-electron chi connectivity index (χ3n) is 5.36. The number of hydrogen-bond acceptors (Lipinski definition) is 2. The van der Waals surface area contributed by atoms with Crippen molar-refractivity contribution in [2.75, 3.05) is 11.1 Å². The van der Waals surface area contributed by atoms with Gasteiger partial charge in [0.1, 0.15) is 0 Å². The summed E-state index contributed by atoms with van der Waals surface area (Å²) in [5.74, 6) is 0. The second-order valence-corrected chi connectivity index (χ2v) is 8.70. The lowest BCUT2D eigenvalue weighted by Gasteiger charge is -2.20. The molecule has 0 atom stereocenters. The summed E-state index contributed by atoms with van der Waals surface area (Å²) in [7, 11) is 0. The molecule has 150 valence electrons. The van der Waals surface area contributed by atoms with E-state index < -0.39 is 0 Å². The number of hydrogen-bond donors (Lipinski definition) is 2. The fraction of sp³-hybridized carbons (Fsp3) is 0.143. The van der Waals surface area contributed by atoms with Crippen molar-refractivity contribution in [2.45, 2.75) is 26.2 Å². The monoisotopic (exact) mass is 392 g/mol. The van der Waals surface area contributed by atoms with Crippen LogP contribution in [-0.4, -0.2) is 0 Å². The van der Waals surface area contributed by atoms with E-state index in [4.69, 9.17) is 5.73 Å². The SMILES string of the molecule is CC(C)(C)c1ccc(-c2cc(N)ccc2-c2ccc(Nc3ccccc3)cc2)cc1. The lowest BCUT2D eigenvalue weighted by Crippen LogP contribution is -2.10. The zero-order valence-electron chi connectivity index (χ0n) is 17.8. The molecule has 0 saturated heterocycles. The highest BCUT2D eigenvalue weighted by molar-refractivity contribution is 5.86. The van der Waals surface area contributed by atoms with E-state index in [1.807, 2.05) is 24.3 Å². The summed E-state index contributed by atoms with van der Waals surface area (Å²) in [5.41, 5.74) is 15.2. The van der Waals surface area contributed by atoms with E-state index in [-0.39, 0.29) is 5.41 Å². The molecule has 4 aromatic rings. The molecule has 0 aromatic heterocycles. The lowest BCUT2D eigenvalue weighted by molar-refractivity contribution is 0.590. The van der Waals surface area contributed by atoms with Gasteiger partial charge in [-0.3, -0.25) is 0 Å². The molecule has 0 unspecified atom stereocenters. The third-order valence-corrected chi connectivity index (χ3v) is 5.36. The molecule has 0 bridgehead atoms. The molecule has 0 aliphatic heterocycles. The van der Waals surface area contributed by atoms with Crippen molar-refractivity contribution in [1.29, 1.82) is 0 Å². The molecule has 4 rings (SSSR count). The minimum absolute atomic E-state index is 0.138. The van der Waals surface area contributed by atoms with Crippen molar-refractivity contribution >= 4 is 17.1 Å². The van der Waals surface area contributed by atoms with Gasteiger partial charge in [0.2, 0.25) is 0 Å². The third kappa shape index (κ3) is 4.38. The van der Waals surface area contributed by atoms with Crippen molar-refractivity contribution in [2.24, 2.45) is 0 Å². The lowest BCUT2D eigenvalue weighted by atomic mass is 9.85. The highest BCUT2D eigenvalue weighted by Gasteiger charge is 2.14. The molecule has 0 aliphatic carbocycles. The van der Waals surface area contributed by atoms with Gasteiger partial charge in [0.15, 0.2) is 0 Å². The van der Waals surface area contributed by atoms with Crippen LogP contribution in [0.2, 0.25) is 0 Å². The Morgan fingerprint density at radius 3 is 1.80 bits per heavy atom. The zero-order chi connectivity index (χ0) is 21.1. The Labute approximate surface area is 179 Å². The smallest absolute Gasteiger partial charge is 0.0384 e. The maximum atomic E-state index is 6.14. The van der Waals surface area contributed by atoms with E-state index >= 15 is 0 Å². The summed E-state index contributed by atoms with van der Waals surface area (Å²) in [5, 5.41) is 3.44. The van der Waals surface area contributed by atoms with Crippen LogP contribution in [0.5, 0.6) is 0 Å². The van der Waals surface area contributed by atoms with Crippen LogP contribution in [0.15, 0.2) is 97.1 Å². The van der Waals surface area contributed by atoms with Gasteiger partial charge >= 0.3 is 0 Å². The topological polar surface area (TPSA) is 38.0 Å². The molecular formula is C28H28N2. The van der Waals surface area contributed by atoms with Crippen LogP contribution in [0.3, 0.4) is 0 Å². The number of anilines is 3. The van der Waals surface area contributed by atoms with Crippen LogP contribution in [0.4, 0.5) is 17.1 Å². The number of para-hydroxylation sites is 1. The molecular weight excluding hydrogens is 364 g/mol. The average Bonchev–Trinajstić information content (AvgIpc) is 2.75. The van der Waals surface area contributed by atoms with Crippen LogP contribution in [0.25, 0.3) is 22.3 Å². The first-order chi connectivity index (χ1) is 14.4. The summed E-state index contributed by atoms with van der Waals surface area (Å²) in [6, 6.07) is 33.7. The van der Waals surface area contributed by atoms with Gasteiger partial charge in [0, 0.05) is 17.1 Å². The standard InChI is InChI=1S/C28H28N2/c1-28(2,3)22-13-9-21(10-14-22)27-19-23(29)15-18-26(27)20-11-16-25(17-12-20)30-24-7-5-4-6-8-24/h4-19,30H,29H2,1-3H3. The van der Waals surface area contributed by atoms with Crippen LogP contribution >= 0.6 is 0 Å². The fourth-order valence-corrected chi connectivity index (χ4v) is 3.62. The number of nitrogens with two attached hydrogens (primary N) is 1. The Morgan fingerprint density at radius 1 is 0.600 bits per heavy atom. The van der Waals surface area contributed by atoms with E-state index in [1.165, 1.54) is 22.3 Å². The van der Waals surface area contributed by atoms with Gasteiger partial charge in [-0.1, -0.05) is 81.4 Å². The molecule has 0 saturated carbocycles. The van der Waals surface area contributed by atoms with Gasteiger partial charge in [-0.25, -0.2) is 0 Å². The molecule has 4 aromatic carbocycles. The minimum Gasteiger partial charge on any atom is -0.399 e. The van der Waals surface area contributed by atoms with E-state index in [2.05, 4.69) is 98.9 Å². The number of nitrogen functional groups attached to an aromatic ring is 1. The Morgan fingerprint density at radius 2 is 1.17 bits per heavy atom. The second kappa shape index (κ2) is 8.08. The van der Waals surface area contributed by atoms with Gasteiger partial charge in [-0.15, -0.1) is 0 Å². The summed E-state index contributed by atoms with van der Waals surface area (Å²) in [6.45, 7) is 6.71. The fourth-order valence-electron chi connectivity index (χ4n) is 3.62. The molecule has 30 heavy (non-hydrogen) atoms. The van der Waals surface area contributed by atoms with E-state index in [9.17, 15) is 0 Å². The van der Waals surface area contributed by atoms with Crippen molar-refractivity contribution < 1.29 is 0 Å². The molecule has 3 N–H and O–H groups in total. The van der Waals surface area contributed by atoms with Gasteiger partial charge in [-0.2, -0.15) is 0 Å². The average molecular weight is 393 g/mol. The van der Waals surface area contributed by atoms with Gasteiger partial charge < -0.3 is 11.1 Å². The Hall–Kier alpha value is -3.52. The van der Waals surface area contributed by atoms with Crippen molar-refractivity contribution in [3.8, 4) is 22.3 Å². The van der Waals surface area contributed by atoms with Crippen molar-refractivity contribution in [3.63, 3.8) is 0 Å². The highest BCUT2D eigenvalue weighted by Crippen LogP contribution is 2.35. The molecule has 2 nitrogen and oxygen atoms in total. The van der Waals surface area contributed by atoms with E-state index in [1.54, 1.807) is 0 Å². The molecule has 0 aliphatic rings. The molecule has 0 heterocycles. The van der Waals surface area contributed by atoms with Crippen LogP contribution in [0, 0.1) is 0 Å². The highest BCUT2D eigenvalue weighted by atomic mass is 14.9. The quantitative estimate of drug-likeness (QED) is 0.350. The first-order valence-corrected chi connectivity index (χ1v) is 10.3. The maximum Gasteiger partial charge on any atom is 0.0384 e. The van der Waals surface area contributed by atoms with Crippen LogP contribution in [0.1, 0.15) is 26.3 Å². The molecule has 0 spiro atoms. The number of benzene rings is 4. The normalized spacial score (nSPS) is 11.3. The summed E-state index contributed by atoms with van der Waals surface area (Å²) in [4.78, 5) is 0. The molecule has 2 heteroatoms. The largest absolute Gasteiger partial charge is 0.399 e. The summed E-state index contributed by atoms with van der Waals surface area (Å²) < 4.78 is 0. The molecule has 0 amide bonds. The van der Waals surface area contributed by atoms with E-state index in [0.29, 0.717) is 0 Å². The Bertz CT molecular complexity index is 1120. The molecule has 0 fully saturated rings. The summed E-state index contributed by atoms with van der Waals surface area (Å²) >= 11 is 0. The van der Waals surface area contributed by atoms with E-state index in [0.717, 1.165) is 22.6 Å². The van der Waals surface area contributed by atoms with Crippen LogP contribution < -0.4 is 11.1 Å². The predicted octanol–water partition coefficient (Wildman–Crippen LogP) is 7.64. The molecule has 0 radical (unpaired) electrons. The zero-order valence-corrected chi connectivity index (χ0v) is 17.8. The first-order valence-electron chi connectivity index (χ1n) is 10.3. The van der Waals surface area contributed by atoms with Gasteiger partial charge in [0.05, 0.1) is 0 Å². The summed E-state index contributed by atoms with van der Waals surface area (Å²) in [6.07, 6.45) is 0. The Kier molecular flexibility index (Phi) is 5.33. The predicted molar refractivity (Wildman–Crippen MR) is 130 cm³/mol. The van der Waals surface area contributed by atoms with Gasteiger partial charge in [-0.05, 0) is 69.6 Å². The number of nitrogens with one attached hydrogen (secondary N) is 1. The van der Waals surface area contributed by atoms with Crippen molar-refractivity contribution in [3.05, 3.63) is 103 Å². The van der Waals surface area contributed by atoms with Crippen molar-refractivity contribution in [1.82, 2.24) is 0 Å². The second-order valence-electron chi connectivity index (χ2n) is 8.70. The number of rotatable bonds is 4.